The number of hydrogen-bond donors (Lipinski definition) is 1. The zero-order chi connectivity index (χ0) is 10.8. The summed E-state index contributed by atoms with van der Waals surface area (Å²) in [5.41, 5.74) is 7.33. The van der Waals surface area contributed by atoms with E-state index in [1.54, 1.807) is 0 Å². The molecule has 0 saturated carbocycles. The van der Waals surface area contributed by atoms with Crippen molar-refractivity contribution in [2.24, 2.45) is 0 Å². The zero-order valence-corrected chi connectivity index (χ0v) is 8.34. The minimum absolute atomic E-state index is 0.175. The first-order valence-electron chi connectivity index (χ1n) is 4.59. The Balaban J connectivity index is 2.64. The summed E-state index contributed by atoms with van der Waals surface area (Å²) in [7, 11) is 0. The number of nitrogens with zero attached hydrogens (tertiary/aromatic N) is 2. The van der Waals surface area contributed by atoms with Crippen LogP contribution in [0.1, 0.15) is 5.56 Å². The number of nitrogens with two attached hydrogens (primary N) is 1. The third kappa shape index (κ3) is 1.74. The lowest BCUT2D eigenvalue weighted by molar-refractivity contribution is 0.955. The Bertz CT molecular complexity index is 528. The SMILES string of the molecule is Cc1ccc(-n2c(N)nccc2=O)cc1. The number of aromatic nitrogens is 2. The van der Waals surface area contributed by atoms with Crippen LogP contribution in [-0.2, 0) is 0 Å². The lowest BCUT2D eigenvalue weighted by atomic mass is 10.2. The first-order chi connectivity index (χ1) is 7.18. The fraction of sp³-hybridized carbons (Fsp3) is 0.0909. The van der Waals surface area contributed by atoms with Crippen molar-refractivity contribution in [3.05, 3.63) is 52.4 Å². The highest BCUT2D eigenvalue weighted by atomic mass is 16.1. The van der Waals surface area contributed by atoms with Gasteiger partial charge in [-0.3, -0.25) is 4.79 Å². The third-order valence-electron chi connectivity index (χ3n) is 2.17. The van der Waals surface area contributed by atoms with Crippen molar-refractivity contribution in [1.82, 2.24) is 9.55 Å². The maximum Gasteiger partial charge on any atom is 0.259 e. The van der Waals surface area contributed by atoms with Crippen molar-refractivity contribution in [2.45, 2.75) is 6.92 Å². The smallest absolute Gasteiger partial charge is 0.259 e. The largest absolute Gasteiger partial charge is 0.369 e. The molecule has 0 saturated heterocycles. The van der Waals surface area contributed by atoms with Gasteiger partial charge in [0.25, 0.3) is 5.56 Å². The molecular formula is C11H11N3O. The zero-order valence-electron chi connectivity index (χ0n) is 8.34. The van der Waals surface area contributed by atoms with Crippen molar-refractivity contribution in [2.75, 3.05) is 5.73 Å². The van der Waals surface area contributed by atoms with E-state index in [0.29, 0.717) is 0 Å². The second kappa shape index (κ2) is 3.57. The minimum atomic E-state index is -0.175. The number of benzene rings is 1. The summed E-state index contributed by atoms with van der Waals surface area (Å²) >= 11 is 0. The maximum atomic E-state index is 11.6. The molecule has 1 heterocycles. The molecule has 0 unspecified atom stereocenters. The molecule has 2 N–H and O–H groups in total. The standard InChI is InChI=1S/C11H11N3O/c1-8-2-4-9(5-3-8)14-10(15)6-7-13-11(14)12/h2-7H,1H3,(H2,12,13). The van der Waals surface area contributed by atoms with Gasteiger partial charge < -0.3 is 5.73 Å². The van der Waals surface area contributed by atoms with E-state index in [2.05, 4.69) is 4.98 Å². The van der Waals surface area contributed by atoms with E-state index in [9.17, 15) is 4.79 Å². The summed E-state index contributed by atoms with van der Waals surface area (Å²) in [5, 5.41) is 0. The Morgan fingerprint density at radius 2 is 1.87 bits per heavy atom. The van der Waals surface area contributed by atoms with E-state index >= 15 is 0 Å². The Morgan fingerprint density at radius 1 is 1.20 bits per heavy atom. The lowest BCUT2D eigenvalue weighted by Gasteiger charge is -2.07. The average Bonchev–Trinajstić information content (AvgIpc) is 2.20. The fourth-order valence-corrected chi connectivity index (χ4v) is 1.38. The summed E-state index contributed by atoms with van der Waals surface area (Å²) in [6, 6.07) is 8.92. The van der Waals surface area contributed by atoms with Gasteiger partial charge in [-0.25, -0.2) is 9.55 Å². The number of anilines is 1. The van der Waals surface area contributed by atoms with Gasteiger partial charge in [-0.05, 0) is 19.1 Å². The van der Waals surface area contributed by atoms with E-state index in [1.807, 2.05) is 31.2 Å². The van der Waals surface area contributed by atoms with E-state index in [4.69, 9.17) is 5.73 Å². The molecule has 4 heteroatoms. The number of hydrogen-bond acceptors (Lipinski definition) is 3. The van der Waals surface area contributed by atoms with Gasteiger partial charge in [-0.2, -0.15) is 0 Å². The van der Waals surface area contributed by atoms with E-state index in [1.165, 1.54) is 16.8 Å². The van der Waals surface area contributed by atoms with Gasteiger partial charge in [-0.1, -0.05) is 17.7 Å². The quantitative estimate of drug-likeness (QED) is 0.752. The van der Waals surface area contributed by atoms with Crippen molar-refractivity contribution in [3.8, 4) is 5.69 Å². The topological polar surface area (TPSA) is 60.9 Å². The molecule has 0 aliphatic rings. The Kier molecular flexibility index (Phi) is 2.25. The molecular weight excluding hydrogens is 190 g/mol. The van der Waals surface area contributed by atoms with Gasteiger partial charge in [-0.15, -0.1) is 0 Å². The fourth-order valence-electron chi connectivity index (χ4n) is 1.38. The highest BCUT2D eigenvalue weighted by Crippen LogP contribution is 2.09. The molecule has 15 heavy (non-hydrogen) atoms. The normalized spacial score (nSPS) is 10.2. The molecule has 76 valence electrons. The molecule has 2 aromatic rings. The molecule has 0 radical (unpaired) electrons. The molecule has 0 aliphatic heterocycles. The summed E-state index contributed by atoms with van der Waals surface area (Å²) in [5.74, 6) is 0.200. The van der Waals surface area contributed by atoms with Crippen LogP contribution in [0.25, 0.3) is 5.69 Å². The van der Waals surface area contributed by atoms with Crippen LogP contribution in [0.2, 0.25) is 0 Å². The predicted octanol–water partition coefficient (Wildman–Crippen LogP) is 1.12. The molecule has 1 aromatic heterocycles. The summed E-state index contributed by atoms with van der Waals surface area (Å²) < 4.78 is 1.37. The van der Waals surface area contributed by atoms with Crippen LogP contribution in [0.4, 0.5) is 5.95 Å². The summed E-state index contributed by atoms with van der Waals surface area (Å²) in [6.07, 6.45) is 1.41. The van der Waals surface area contributed by atoms with Crippen LogP contribution in [0.3, 0.4) is 0 Å². The van der Waals surface area contributed by atoms with Crippen molar-refractivity contribution < 1.29 is 0 Å². The monoisotopic (exact) mass is 201 g/mol. The summed E-state index contributed by atoms with van der Waals surface area (Å²) in [4.78, 5) is 15.4. The number of nitrogen functional groups attached to an aromatic ring is 1. The predicted molar refractivity (Wildman–Crippen MR) is 59.0 cm³/mol. The molecule has 0 bridgehead atoms. The molecule has 4 nitrogen and oxygen atoms in total. The number of rotatable bonds is 1. The van der Waals surface area contributed by atoms with Crippen LogP contribution in [0.5, 0.6) is 0 Å². The molecule has 0 amide bonds. The molecule has 0 atom stereocenters. The first kappa shape index (κ1) is 9.45. The van der Waals surface area contributed by atoms with E-state index < -0.39 is 0 Å². The Morgan fingerprint density at radius 3 is 2.47 bits per heavy atom. The molecule has 0 aliphatic carbocycles. The molecule has 0 fully saturated rings. The van der Waals surface area contributed by atoms with Gasteiger partial charge in [0.1, 0.15) is 0 Å². The van der Waals surface area contributed by atoms with Crippen LogP contribution < -0.4 is 11.3 Å². The van der Waals surface area contributed by atoms with E-state index in [0.717, 1.165) is 11.3 Å². The van der Waals surface area contributed by atoms with Crippen molar-refractivity contribution in [3.63, 3.8) is 0 Å². The Hall–Kier alpha value is -2.10. The first-order valence-corrected chi connectivity index (χ1v) is 4.59. The van der Waals surface area contributed by atoms with Crippen LogP contribution in [0.15, 0.2) is 41.3 Å². The second-order valence-electron chi connectivity index (χ2n) is 3.31. The average molecular weight is 201 g/mol. The maximum absolute atomic E-state index is 11.6. The van der Waals surface area contributed by atoms with Crippen LogP contribution in [0, 0.1) is 6.92 Å². The van der Waals surface area contributed by atoms with Crippen LogP contribution in [-0.4, -0.2) is 9.55 Å². The highest BCUT2D eigenvalue weighted by Gasteiger charge is 2.02. The van der Waals surface area contributed by atoms with Gasteiger partial charge >= 0.3 is 0 Å². The van der Waals surface area contributed by atoms with Gasteiger partial charge in [0.15, 0.2) is 0 Å². The van der Waals surface area contributed by atoms with Crippen molar-refractivity contribution >= 4 is 5.95 Å². The lowest BCUT2D eigenvalue weighted by Crippen LogP contribution is -2.21. The second-order valence-corrected chi connectivity index (χ2v) is 3.31. The minimum Gasteiger partial charge on any atom is -0.369 e. The third-order valence-corrected chi connectivity index (χ3v) is 2.17. The van der Waals surface area contributed by atoms with Gasteiger partial charge in [0.2, 0.25) is 5.95 Å². The molecule has 0 spiro atoms. The summed E-state index contributed by atoms with van der Waals surface area (Å²) in [6.45, 7) is 1.99. The van der Waals surface area contributed by atoms with Crippen molar-refractivity contribution in [1.29, 1.82) is 0 Å². The number of aryl methyl sites for hydroxylation is 1. The molecule has 1 aromatic carbocycles. The van der Waals surface area contributed by atoms with Gasteiger partial charge in [0, 0.05) is 12.3 Å². The Labute approximate surface area is 87.0 Å². The molecule has 2 rings (SSSR count). The highest BCUT2D eigenvalue weighted by molar-refractivity contribution is 5.39. The van der Waals surface area contributed by atoms with E-state index in [-0.39, 0.29) is 11.5 Å². The van der Waals surface area contributed by atoms with Crippen LogP contribution >= 0.6 is 0 Å². The van der Waals surface area contributed by atoms with Gasteiger partial charge in [0.05, 0.1) is 5.69 Å².